The number of alkyl halides is 1. The largest absolute Gasteiger partial charge is 1.00 e. The number of hydrogen-bond donors (Lipinski definition) is 6. The van der Waals surface area contributed by atoms with Crippen LogP contribution in [0, 0.1) is 0 Å². The molecule has 13 rings (SSSR count). The van der Waals surface area contributed by atoms with Crippen LogP contribution in [0.3, 0.4) is 0 Å². The van der Waals surface area contributed by atoms with E-state index in [1.807, 2.05) is 73.1 Å². The fraction of sp³-hybridized carbons (Fsp3) is 0.230. The molecular weight excluding hydrogens is 1470 g/mol. The van der Waals surface area contributed by atoms with Crippen LogP contribution in [-0.4, -0.2) is 141 Å². The number of H-pyrrole nitrogens is 2. The number of aliphatic hydroxyl groups excluding tert-OH is 1. The molecule has 0 bridgehead atoms. The number of carbonyl (C=O) groups excluding carboxylic acids is 4. The maximum atomic E-state index is 11.0. The van der Waals surface area contributed by atoms with Gasteiger partial charge >= 0.3 is 68.2 Å². The predicted molar refractivity (Wildman–Crippen MR) is 434 cm³/mol. The van der Waals surface area contributed by atoms with Gasteiger partial charge in [-0.05, 0) is 204 Å². The third-order valence-electron chi connectivity index (χ3n) is 13.8. The van der Waals surface area contributed by atoms with Crippen LogP contribution in [0.15, 0.2) is 220 Å². The first-order valence-electron chi connectivity index (χ1n) is 33.9. The fourth-order valence-electron chi connectivity index (χ4n) is 9.51. The normalized spacial score (nSPS) is 10.5. The van der Waals surface area contributed by atoms with E-state index in [2.05, 4.69) is 171 Å². The Balaban J connectivity index is 0.000000628. The van der Waals surface area contributed by atoms with Gasteiger partial charge in [0.1, 0.15) is 39.4 Å². The van der Waals surface area contributed by atoms with Gasteiger partial charge in [0.25, 0.3) is 0 Å². The molecule has 0 unspecified atom stereocenters. The van der Waals surface area contributed by atoms with Crippen LogP contribution < -0.4 is 45.5 Å². The molecule has 0 spiro atoms. The molecule has 0 aliphatic heterocycles. The average Bonchev–Trinajstić information content (AvgIpc) is 1.61. The molecule has 0 aliphatic rings. The number of carbonyl (C=O) groups is 4. The number of nitrogens with zero attached hydrogens (tertiary/aromatic N) is 8. The Bertz CT molecular complexity index is 4610. The molecule has 10 aromatic heterocycles. The van der Waals surface area contributed by atoms with E-state index in [1.165, 1.54) is 21.5 Å². The molecule has 0 saturated carbocycles. The second kappa shape index (κ2) is 48.2. The molecule has 3 aromatic carbocycles. The van der Waals surface area contributed by atoms with Gasteiger partial charge in [0.2, 0.25) is 0 Å². The zero-order valence-corrected chi connectivity index (χ0v) is 67.7. The molecular formula is C74H88B4Cl3FN10NaO12P2. The number of rotatable bonds is 10. The summed E-state index contributed by atoms with van der Waals surface area (Å²) in [7, 11) is -3.28. The number of benzene rings is 3. The van der Waals surface area contributed by atoms with Crippen LogP contribution in [0.1, 0.15) is 98.3 Å². The minimum absolute atomic E-state index is 0. The number of aldehydes is 2. The van der Waals surface area contributed by atoms with Crippen molar-refractivity contribution in [3.63, 3.8) is 0 Å². The van der Waals surface area contributed by atoms with Gasteiger partial charge in [0, 0.05) is 109 Å². The van der Waals surface area contributed by atoms with E-state index in [4.69, 9.17) is 17.3 Å². The van der Waals surface area contributed by atoms with E-state index in [-0.39, 0.29) is 46.0 Å². The average molecular weight is 1570 g/mol. The molecule has 13 aromatic rings. The molecule has 0 atom stereocenters. The van der Waals surface area contributed by atoms with Gasteiger partial charge in [-0.25, -0.2) is 34.5 Å². The maximum absolute atomic E-state index is 11.0. The van der Waals surface area contributed by atoms with Gasteiger partial charge in [-0.1, -0.05) is 112 Å². The van der Waals surface area contributed by atoms with E-state index in [9.17, 15) is 43.2 Å². The Labute approximate surface area is 668 Å². The van der Waals surface area contributed by atoms with Crippen molar-refractivity contribution in [3.05, 3.63) is 242 Å². The van der Waals surface area contributed by atoms with Gasteiger partial charge in [-0.15, -0.1) is 0 Å². The summed E-state index contributed by atoms with van der Waals surface area (Å²) in [5, 5.41) is 43.4. The fourth-order valence-corrected chi connectivity index (χ4v) is 11.8. The second-order valence-electron chi connectivity index (χ2n) is 23.7. The number of fused-ring (bicyclic) bond motifs is 5. The van der Waals surface area contributed by atoms with Crippen molar-refractivity contribution in [1.29, 1.82) is 0 Å². The summed E-state index contributed by atoms with van der Waals surface area (Å²) >= 11 is 13.8. The van der Waals surface area contributed by atoms with Crippen LogP contribution in [-0.2, 0) is 31.8 Å². The zero-order valence-electron chi connectivity index (χ0n) is 64.6. The number of pyridine rings is 5. The summed E-state index contributed by atoms with van der Waals surface area (Å²) in [6, 6.07) is 53.2. The van der Waals surface area contributed by atoms with Crippen molar-refractivity contribution in [2.75, 3.05) is 7.15 Å². The van der Waals surface area contributed by atoms with Crippen molar-refractivity contribution in [2.45, 2.75) is 107 Å². The summed E-state index contributed by atoms with van der Waals surface area (Å²) in [6.45, 7) is 19.4. The number of nitrogens with one attached hydrogen (secondary N) is 2. The monoisotopic (exact) mass is 1560 g/mol. The van der Waals surface area contributed by atoms with Gasteiger partial charge in [-0.2, -0.15) is 0 Å². The molecule has 107 heavy (non-hydrogen) atoms. The Morgan fingerprint density at radius 2 is 0.935 bits per heavy atom. The molecule has 0 amide bonds. The van der Waals surface area contributed by atoms with Crippen molar-refractivity contribution in [3.8, 4) is 0 Å². The standard InChI is InChI=1S/C18H15P.C10H13BN2O.C10H18O5.C9H11BN2O2.C9H9BN2O2.C8H6N2O.C7H6N2.C2H6.CH3F.B.Cl3OP.Na.H/c1-4-10-16(11-5-1)19(17-12-6-2-7-13-17)18-14-8-3-9-15-18;1-3-8-7-13(11(2)14)10-9(8)5-4-6-12-10;1-9(2,3)14-7(11)13-8(12)15-10(4,5)6;2*1-10(14)12-5-7(6-13)8-3-2-4-11-9(8)12;11-5-6-4-10-8-7(6)2-1-3-9-8;1-2-6-3-5-9-7(6)8-4-1;2*1-2;;1-5(2,3)4;;/h1-15H;4-7,14H,3H2,1-2H3;1-6H3;2-5,13-14H,6H2,1H3;2-6,14H,1H3;1-5H,(H,9,10);1-5H,(H,8,9);1-2H3;1H3;;;;/q;;;;;;;;;;;+1;-1/i;;;;;;;2*1D;;;;. The molecule has 0 fully saturated rings. The zero-order chi connectivity index (χ0) is 79.3. The molecule has 0 saturated heterocycles. The Morgan fingerprint density at radius 1 is 0.579 bits per heavy atom. The molecule has 0 aliphatic carbocycles. The third-order valence-corrected chi connectivity index (χ3v) is 16.2. The van der Waals surface area contributed by atoms with Crippen molar-refractivity contribution >= 4 is 172 Å². The van der Waals surface area contributed by atoms with Crippen molar-refractivity contribution in [2.24, 2.45) is 0 Å². The second-order valence-corrected chi connectivity index (χ2v) is 32.6. The van der Waals surface area contributed by atoms with Crippen molar-refractivity contribution < 1.29 is 96.2 Å². The van der Waals surface area contributed by atoms with Gasteiger partial charge in [0.05, 0.1) is 15.1 Å². The smallest absolute Gasteiger partial charge is 1.00 e. The van der Waals surface area contributed by atoms with E-state index >= 15 is 0 Å². The van der Waals surface area contributed by atoms with E-state index < -0.39 is 64.9 Å². The summed E-state index contributed by atoms with van der Waals surface area (Å²) in [4.78, 5) is 69.8. The quantitative estimate of drug-likeness (QED) is 0.0244. The first-order valence-corrected chi connectivity index (χ1v) is 38.3. The Hall–Kier alpha value is -8.25. The molecule has 10 heterocycles. The van der Waals surface area contributed by atoms with Crippen LogP contribution in [0.25, 0.3) is 55.2 Å². The number of halogens is 4. The first-order chi connectivity index (χ1) is 50.9. The number of ether oxygens (including phenoxy) is 3. The van der Waals surface area contributed by atoms with E-state index in [1.54, 1.807) is 138 Å². The van der Waals surface area contributed by atoms with E-state index in [0.717, 1.165) is 68.4 Å². The van der Waals surface area contributed by atoms with Crippen LogP contribution in [0.5, 0.6) is 0 Å². The topological polar surface area (TPSA) is 305 Å². The molecule has 22 nitrogen and oxygen atoms in total. The predicted octanol–water partition coefficient (Wildman–Crippen LogP) is 13.3. The number of aliphatic hydroxyl groups is 1. The summed E-state index contributed by atoms with van der Waals surface area (Å²) < 4.78 is 50.0. The Morgan fingerprint density at radius 3 is 1.32 bits per heavy atom. The Kier molecular flexibility index (Phi) is 41.1. The molecule has 3 radical (unpaired) electrons. The number of aromatic amines is 2. The minimum atomic E-state index is -3.22. The molecule has 33 heteroatoms. The SMILES string of the molecule is CB(O)n1cc(C=O)c2cccnc21.CB(O)n1cc(CO)c2cccnc21.CC(C)(C)OC(=O)OC(=O)OC(C)(C)C.CCc1cn(B(C)O)c2ncccc12.O=Cc1c[nH]c2ncccc12.O=P(Cl)(Cl)Cl.[2H]CC.[2H]CF.[B].[H-].[Na+].c1ccc(P(c2ccccc2)c2ccccc2)cc1.c1cnc2[nH]ccc2c1. The third kappa shape index (κ3) is 31.8. The maximum Gasteiger partial charge on any atom is 1.00 e. The van der Waals surface area contributed by atoms with Crippen molar-refractivity contribution in [1.82, 2.24) is 48.3 Å². The number of hydrogen-bond acceptors (Lipinski definition) is 17. The number of aryl methyl sites for hydroxylation is 1. The van der Waals surface area contributed by atoms with Crippen LogP contribution in [0.2, 0.25) is 20.5 Å². The van der Waals surface area contributed by atoms with Crippen LogP contribution >= 0.6 is 46.8 Å². The summed E-state index contributed by atoms with van der Waals surface area (Å²) in [6.07, 6.45) is 17.8. The van der Waals surface area contributed by atoms with E-state index in [0.29, 0.717) is 29.3 Å². The van der Waals surface area contributed by atoms with Gasteiger partial charge in [-0.3, -0.25) is 18.5 Å². The van der Waals surface area contributed by atoms with Crippen LogP contribution in [0.4, 0.5) is 14.0 Å². The van der Waals surface area contributed by atoms with Gasteiger partial charge < -0.3 is 59.2 Å². The minimum Gasteiger partial charge on any atom is -1.00 e. The summed E-state index contributed by atoms with van der Waals surface area (Å²) in [5.74, 6) is 0. The van der Waals surface area contributed by atoms with Gasteiger partial charge in [0.15, 0.2) is 12.6 Å². The first kappa shape index (κ1) is 91.1. The molecule has 557 valence electrons. The summed E-state index contributed by atoms with van der Waals surface area (Å²) in [5.41, 5.74) is 5.74. The molecule has 6 N–H and O–H groups in total. The number of aromatic nitrogens is 10.